The number of urea groups is 2. The van der Waals surface area contributed by atoms with Crippen molar-refractivity contribution < 1.29 is 9.59 Å². The van der Waals surface area contributed by atoms with E-state index in [-0.39, 0.29) is 25.2 Å². The lowest BCUT2D eigenvalue weighted by Crippen LogP contribution is -2.28. The summed E-state index contributed by atoms with van der Waals surface area (Å²) >= 11 is 11.7. The molecule has 0 radical (unpaired) electrons. The summed E-state index contributed by atoms with van der Waals surface area (Å²) in [6, 6.07) is 13.1. The molecule has 0 aliphatic carbocycles. The Labute approximate surface area is 235 Å². The summed E-state index contributed by atoms with van der Waals surface area (Å²) in [6.45, 7) is 1.98. The van der Waals surface area contributed by atoms with Gasteiger partial charge in [0.2, 0.25) is 0 Å². The van der Waals surface area contributed by atoms with E-state index in [9.17, 15) is 9.59 Å². The topological polar surface area (TPSA) is 144 Å². The van der Waals surface area contributed by atoms with Gasteiger partial charge in [0, 0.05) is 34.5 Å². The Morgan fingerprint density at radius 1 is 0.641 bits per heavy atom. The van der Waals surface area contributed by atoms with Crippen molar-refractivity contribution in [2.24, 2.45) is 0 Å². The quantitative estimate of drug-likeness (QED) is 0.182. The number of hydrogen-bond donors (Lipinski definition) is 4. The van der Waals surface area contributed by atoms with Gasteiger partial charge in [-0.3, -0.25) is 9.36 Å². The lowest BCUT2D eigenvalue weighted by atomic mass is 10.2. The van der Waals surface area contributed by atoms with Crippen LogP contribution in [0, 0.1) is 0 Å². The lowest BCUT2D eigenvalue weighted by molar-refractivity contribution is 0.251. The summed E-state index contributed by atoms with van der Waals surface area (Å²) in [5.41, 5.74) is 2.65. The van der Waals surface area contributed by atoms with Crippen LogP contribution in [0.5, 0.6) is 0 Å². The van der Waals surface area contributed by atoms with E-state index in [2.05, 4.69) is 41.9 Å². The van der Waals surface area contributed by atoms with Crippen LogP contribution >= 0.6 is 23.2 Å². The first kappa shape index (κ1) is 27.9. The minimum atomic E-state index is -0.333. The molecule has 2 aromatic carbocycles. The van der Waals surface area contributed by atoms with Gasteiger partial charge >= 0.3 is 12.1 Å². The van der Waals surface area contributed by atoms with Crippen molar-refractivity contribution >= 4 is 46.6 Å². The second kappa shape index (κ2) is 14.1. The van der Waals surface area contributed by atoms with E-state index in [0.717, 1.165) is 32.4 Å². The van der Waals surface area contributed by atoms with Gasteiger partial charge in [0.15, 0.2) is 0 Å². The number of nitrogens with one attached hydrogen (secondary N) is 4. The maximum absolute atomic E-state index is 12.0. The van der Waals surface area contributed by atoms with E-state index in [1.165, 1.54) is 0 Å². The zero-order valence-electron chi connectivity index (χ0n) is 21.0. The number of aryl methyl sites for hydroxylation is 2. The van der Waals surface area contributed by atoms with Gasteiger partial charge < -0.3 is 21.3 Å². The first-order chi connectivity index (χ1) is 18.9. The molecule has 12 nitrogen and oxygen atoms in total. The van der Waals surface area contributed by atoms with Gasteiger partial charge in [0.1, 0.15) is 11.4 Å². The molecule has 14 heteroatoms. The molecule has 4 N–H and O–H groups in total. The number of hydrogen-bond acceptors (Lipinski definition) is 6. The van der Waals surface area contributed by atoms with Gasteiger partial charge in [-0.15, -0.1) is 10.2 Å². The Morgan fingerprint density at radius 3 is 1.46 bits per heavy atom. The molecular formula is C25H28Cl2N10O2. The highest BCUT2D eigenvalue weighted by molar-refractivity contribution is 6.30. The maximum atomic E-state index is 12.0. The van der Waals surface area contributed by atoms with Crippen molar-refractivity contribution in [2.45, 2.75) is 45.4 Å². The van der Waals surface area contributed by atoms with Gasteiger partial charge in [0.25, 0.3) is 0 Å². The van der Waals surface area contributed by atoms with Crippen LogP contribution in [-0.2, 0) is 26.2 Å². The zero-order chi connectivity index (χ0) is 27.5. The second-order valence-corrected chi connectivity index (χ2v) is 9.51. The van der Waals surface area contributed by atoms with Crippen molar-refractivity contribution in [3.05, 3.63) is 82.4 Å². The number of rotatable bonds is 12. The highest BCUT2D eigenvalue weighted by Gasteiger charge is 2.07. The van der Waals surface area contributed by atoms with E-state index in [4.69, 9.17) is 23.2 Å². The molecule has 0 spiro atoms. The van der Waals surface area contributed by atoms with Crippen LogP contribution in [0.2, 0.25) is 10.0 Å². The summed E-state index contributed by atoms with van der Waals surface area (Å²) in [5, 5.41) is 28.6. The molecule has 0 unspecified atom stereocenters. The molecule has 4 rings (SSSR count). The molecule has 204 valence electrons. The van der Waals surface area contributed by atoms with Gasteiger partial charge in [-0.05, 0) is 67.8 Å². The van der Waals surface area contributed by atoms with Crippen LogP contribution < -0.4 is 21.3 Å². The number of anilines is 2. The van der Waals surface area contributed by atoms with E-state index >= 15 is 0 Å². The molecule has 0 atom stereocenters. The number of unbranched alkanes of at least 4 members (excludes halogenated alkanes) is 2. The largest absolute Gasteiger partial charge is 0.332 e. The molecule has 2 aromatic heterocycles. The van der Waals surface area contributed by atoms with Crippen LogP contribution in [0.15, 0.2) is 60.9 Å². The Balaban J connectivity index is 1.07. The normalized spacial score (nSPS) is 10.7. The SMILES string of the molecule is O=C(NCc1cn(CCCCCn2cc(CNC(=O)Nc3ccc(Cl)cc3)nn2)nn1)Nc1ccc(Cl)cc1. The van der Waals surface area contributed by atoms with Crippen LogP contribution in [0.4, 0.5) is 21.0 Å². The van der Waals surface area contributed by atoms with Crippen molar-refractivity contribution in [3.8, 4) is 0 Å². The third kappa shape index (κ3) is 9.58. The maximum Gasteiger partial charge on any atom is 0.319 e. The molecule has 4 amide bonds. The smallest absolute Gasteiger partial charge is 0.319 e. The van der Waals surface area contributed by atoms with E-state index < -0.39 is 0 Å². The minimum Gasteiger partial charge on any atom is -0.332 e. The first-order valence-corrected chi connectivity index (χ1v) is 13.1. The number of halogens is 2. The number of carbonyl (C=O) groups is 2. The molecular weight excluding hydrogens is 543 g/mol. The van der Waals surface area contributed by atoms with Gasteiger partial charge in [-0.25, -0.2) is 9.59 Å². The molecule has 0 saturated heterocycles. The predicted molar refractivity (Wildman–Crippen MR) is 149 cm³/mol. The Kier molecular flexibility index (Phi) is 10.1. The Morgan fingerprint density at radius 2 is 1.05 bits per heavy atom. The number of nitrogens with zero attached hydrogens (tertiary/aromatic N) is 6. The van der Waals surface area contributed by atoms with Crippen LogP contribution in [-0.4, -0.2) is 42.0 Å². The van der Waals surface area contributed by atoms with Crippen molar-refractivity contribution in [3.63, 3.8) is 0 Å². The fourth-order valence-electron chi connectivity index (χ4n) is 3.54. The highest BCUT2D eigenvalue weighted by Crippen LogP contribution is 2.14. The molecule has 0 aliphatic heterocycles. The molecule has 39 heavy (non-hydrogen) atoms. The molecule has 0 fully saturated rings. The fourth-order valence-corrected chi connectivity index (χ4v) is 3.79. The summed E-state index contributed by atoms with van der Waals surface area (Å²) in [7, 11) is 0. The Bertz CT molecular complexity index is 1250. The summed E-state index contributed by atoms with van der Waals surface area (Å²) in [4.78, 5) is 24.1. The number of benzene rings is 2. The minimum absolute atomic E-state index is 0.270. The zero-order valence-corrected chi connectivity index (χ0v) is 22.5. The van der Waals surface area contributed by atoms with Crippen LogP contribution in [0.25, 0.3) is 0 Å². The summed E-state index contributed by atoms with van der Waals surface area (Å²) < 4.78 is 3.53. The monoisotopic (exact) mass is 570 g/mol. The summed E-state index contributed by atoms with van der Waals surface area (Å²) in [5.74, 6) is 0. The lowest BCUT2D eigenvalue weighted by Gasteiger charge is -2.06. The molecule has 0 aliphatic rings. The van der Waals surface area contributed by atoms with E-state index in [1.807, 2.05) is 12.4 Å². The van der Waals surface area contributed by atoms with Crippen molar-refractivity contribution in [1.29, 1.82) is 0 Å². The Hall–Kier alpha value is -4.16. The third-order valence-corrected chi connectivity index (χ3v) is 6.01. The van der Waals surface area contributed by atoms with Crippen LogP contribution in [0.3, 0.4) is 0 Å². The number of carbonyl (C=O) groups excluding carboxylic acids is 2. The van der Waals surface area contributed by atoms with Crippen molar-refractivity contribution in [1.82, 2.24) is 40.6 Å². The molecule has 2 heterocycles. The number of amides is 4. The van der Waals surface area contributed by atoms with E-state index in [0.29, 0.717) is 32.8 Å². The van der Waals surface area contributed by atoms with Crippen molar-refractivity contribution in [2.75, 3.05) is 10.6 Å². The predicted octanol–water partition coefficient (Wildman–Crippen LogP) is 4.69. The first-order valence-electron chi connectivity index (χ1n) is 12.3. The average molecular weight is 571 g/mol. The van der Waals surface area contributed by atoms with Gasteiger partial charge in [-0.1, -0.05) is 33.6 Å². The average Bonchev–Trinajstić information content (AvgIpc) is 3.58. The number of aromatic nitrogens is 6. The fraction of sp³-hybridized carbons (Fsp3) is 0.280. The third-order valence-electron chi connectivity index (χ3n) is 5.51. The molecule has 4 aromatic rings. The summed E-state index contributed by atoms with van der Waals surface area (Å²) in [6.07, 6.45) is 6.45. The molecule has 0 saturated carbocycles. The van der Waals surface area contributed by atoms with E-state index in [1.54, 1.807) is 57.9 Å². The standard InChI is InChI=1S/C25H28Cl2N10O2/c26-18-4-8-20(9-5-18)30-24(38)28-14-22-16-36(34-32-22)12-2-1-3-13-37-17-23(33-35-37)15-29-25(39)31-21-10-6-19(27)7-11-21/h4-11,16-17H,1-3,12-15H2,(H2,28,30,38)(H2,29,31,39). The van der Waals surface area contributed by atoms with Crippen LogP contribution in [0.1, 0.15) is 30.7 Å². The van der Waals surface area contributed by atoms with Gasteiger partial charge in [-0.2, -0.15) is 0 Å². The van der Waals surface area contributed by atoms with Gasteiger partial charge in [0.05, 0.1) is 25.5 Å². The highest BCUT2D eigenvalue weighted by atomic mass is 35.5. The molecule has 0 bridgehead atoms. The second-order valence-electron chi connectivity index (χ2n) is 8.64.